The van der Waals surface area contributed by atoms with Crippen LogP contribution in [0.2, 0.25) is 0 Å². The molecular weight excluding hydrogens is 412 g/mol. The number of carbonyl (C=O) groups excluding carboxylic acids is 3. The predicted molar refractivity (Wildman–Crippen MR) is 119 cm³/mol. The summed E-state index contributed by atoms with van der Waals surface area (Å²) in [6.45, 7) is 3.69. The number of benzene rings is 1. The van der Waals surface area contributed by atoms with E-state index in [4.69, 9.17) is 9.47 Å². The van der Waals surface area contributed by atoms with E-state index in [0.29, 0.717) is 30.1 Å². The number of nitrogens with one attached hydrogen (secondary N) is 2. The highest BCUT2D eigenvalue weighted by atomic mass is 16.5. The van der Waals surface area contributed by atoms with Gasteiger partial charge in [-0.15, -0.1) is 0 Å². The first-order valence-electron chi connectivity index (χ1n) is 10.9. The lowest BCUT2D eigenvalue weighted by Gasteiger charge is -2.36. The normalized spacial score (nSPS) is 21.4. The molecule has 0 bridgehead atoms. The largest absolute Gasteiger partial charge is 0.497 e. The van der Waals surface area contributed by atoms with E-state index in [1.54, 1.807) is 45.2 Å². The number of methoxy groups -OCH3 is 1. The molecule has 1 aromatic carbocycles. The van der Waals surface area contributed by atoms with E-state index in [9.17, 15) is 14.4 Å². The number of esters is 1. The van der Waals surface area contributed by atoms with Crippen LogP contribution in [-0.4, -0.2) is 75.2 Å². The molecule has 2 atom stereocenters. The standard InChI is InChI=1S/C23H32N4O5/c1-5-32-22(29)19-18(14-27-12-6-7-16(13-27)21(28)26(2)3)24-23(30)25-20(19)15-8-10-17(31-4)11-9-15/h8-11,16,20H,5-7,12-14H2,1-4H3,(H2,24,25,30). The second kappa shape index (κ2) is 10.5. The summed E-state index contributed by atoms with van der Waals surface area (Å²) < 4.78 is 10.5. The number of carbonyl (C=O) groups is 3. The lowest BCUT2D eigenvalue weighted by Crippen LogP contribution is -2.50. The molecule has 2 aliphatic heterocycles. The molecule has 1 aromatic rings. The first-order chi connectivity index (χ1) is 15.3. The van der Waals surface area contributed by atoms with Crippen molar-refractivity contribution in [3.8, 4) is 5.75 Å². The fourth-order valence-electron chi connectivity index (χ4n) is 4.23. The van der Waals surface area contributed by atoms with Gasteiger partial charge in [-0.2, -0.15) is 0 Å². The molecular formula is C23H32N4O5. The van der Waals surface area contributed by atoms with Crippen LogP contribution in [0.4, 0.5) is 4.79 Å². The third-order valence-electron chi connectivity index (χ3n) is 5.78. The highest BCUT2D eigenvalue weighted by Gasteiger charge is 2.35. The monoisotopic (exact) mass is 444 g/mol. The van der Waals surface area contributed by atoms with E-state index in [1.165, 1.54) is 0 Å². The summed E-state index contributed by atoms with van der Waals surface area (Å²) >= 11 is 0. The van der Waals surface area contributed by atoms with Crippen molar-refractivity contribution in [2.45, 2.75) is 25.8 Å². The van der Waals surface area contributed by atoms with Crippen molar-refractivity contribution in [1.29, 1.82) is 0 Å². The maximum absolute atomic E-state index is 13.0. The Hall–Kier alpha value is -3.07. The molecule has 0 saturated carbocycles. The quantitative estimate of drug-likeness (QED) is 0.621. The van der Waals surface area contributed by atoms with Gasteiger partial charge in [0.15, 0.2) is 0 Å². The van der Waals surface area contributed by atoms with Gasteiger partial charge >= 0.3 is 12.0 Å². The van der Waals surface area contributed by atoms with Gasteiger partial charge in [0, 0.05) is 32.9 Å². The smallest absolute Gasteiger partial charge is 0.338 e. The minimum Gasteiger partial charge on any atom is -0.497 e. The van der Waals surface area contributed by atoms with Crippen LogP contribution in [0.5, 0.6) is 5.75 Å². The highest BCUT2D eigenvalue weighted by molar-refractivity contribution is 5.95. The fourth-order valence-corrected chi connectivity index (χ4v) is 4.23. The second-order valence-corrected chi connectivity index (χ2v) is 8.22. The molecule has 9 nitrogen and oxygen atoms in total. The Balaban J connectivity index is 1.91. The number of amides is 3. The summed E-state index contributed by atoms with van der Waals surface area (Å²) in [6, 6.07) is 6.18. The number of ether oxygens (including phenoxy) is 2. The van der Waals surface area contributed by atoms with E-state index in [0.717, 1.165) is 24.9 Å². The van der Waals surface area contributed by atoms with Crippen molar-refractivity contribution in [3.05, 3.63) is 41.1 Å². The zero-order valence-corrected chi connectivity index (χ0v) is 19.1. The Kier molecular flexibility index (Phi) is 7.74. The van der Waals surface area contributed by atoms with Crippen LogP contribution in [0.25, 0.3) is 0 Å². The van der Waals surface area contributed by atoms with Crippen LogP contribution in [0.3, 0.4) is 0 Å². The summed E-state index contributed by atoms with van der Waals surface area (Å²) in [4.78, 5) is 41.6. The summed E-state index contributed by atoms with van der Waals surface area (Å²) in [5.74, 6) is 0.203. The SMILES string of the molecule is CCOC(=O)C1=C(CN2CCCC(C(=O)N(C)C)C2)NC(=O)NC1c1ccc(OC)cc1. The number of likely N-dealkylation sites (tertiary alicyclic amines) is 1. The van der Waals surface area contributed by atoms with Gasteiger partial charge in [-0.1, -0.05) is 12.1 Å². The maximum Gasteiger partial charge on any atom is 0.338 e. The van der Waals surface area contributed by atoms with Crippen LogP contribution >= 0.6 is 0 Å². The third-order valence-corrected chi connectivity index (χ3v) is 5.78. The van der Waals surface area contributed by atoms with Crippen molar-refractivity contribution < 1.29 is 23.9 Å². The van der Waals surface area contributed by atoms with E-state index >= 15 is 0 Å². The first kappa shape index (κ1) is 23.6. The maximum atomic E-state index is 13.0. The topological polar surface area (TPSA) is 100 Å². The lowest BCUT2D eigenvalue weighted by molar-refractivity contribution is -0.139. The molecule has 2 unspecified atom stereocenters. The van der Waals surface area contributed by atoms with Crippen LogP contribution < -0.4 is 15.4 Å². The number of rotatable bonds is 7. The second-order valence-electron chi connectivity index (χ2n) is 8.22. The van der Waals surface area contributed by atoms with Gasteiger partial charge in [-0.05, 0) is 44.0 Å². The van der Waals surface area contributed by atoms with E-state index < -0.39 is 12.0 Å². The fraction of sp³-hybridized carbons (Fsp3) is 0.522. The van der Waals surface area contributed by atoms with Gasteiger partial charge in [-0.3, -0.25) is 9.69 Å². The third kappa shape index (κ3) is 5.40. The van der Waals surface area contributed by atoms with Gasteiger partial charge in [0.2, 0.25) is 5.91 Å². The molecule has 0 aromatic heterocycles. The molecule has 3 rings (SSSR count). The van der Waals surface area contributed by atoms with Gasteiger partial charge in [0.25, 0.3) is 0 Å². The lowest BCUT2D eigenvalue weighted by atomic mass is 9.93. The Morgan fingerprint density at radius 3 is 2.56 bits per heavy atom. The summed E-state index contributed by atoms with van der Waals surface area (Å²) in [5, 5.41) is 5.65. The highest BCUT2D eigenvalue weighted by Crippen LogP contribution is 2.30. The van der Waals surface area contributed by atoms with Gasteiger partial charge in [-0.25, -0.2) is 9.59 Å². The van der Waals surface area contributed by atoms with Crippen molar-refractivity contribution in [3.63, 3.8) is 0 Å². The van der Waals surface area contributed by atoms with E-state index in [-0.39, 0.29) is 24.5 Å². The van der Waals surface area contributed by atoms with Gasteiger partial charge in [0.1, 0.15) is 5.75 Å². The molecule has 32 heavy (non-hydrogen) atoms. The molecule has 0 spiro atoms. The predicted octanol–water partition coefficient (Wildman–Crippen LogP) is 1.67. The molecule has 9 heteroatoms. The Bertz CT molecular complexity index is 881. The Labute approximate surface area is 188 Å². The molecule has 2 aliphatic rings. The molecule has 2 heterocycles. The van der Waals surface area contributed by atoms with Gasteiger partial charge in [0.05, 0.1) is 31.2 Å². The summed E-state index contributed by atoms with van der Waals surface area (Å²) in [6.07, 6.45) is 1.71. The minimum atomic E-state index is -0.646. The number of piperidine rings is 1. The van der Waals surface area contributed by atoms with Crippen molar-refractivity contribution in [1.82, 2.24) is 20.4 Å². The number of hydrogen-bond donors (Lipinski definition) is 2. The van der Waals surface area contributed by atoms with Crippen molar-refractivity contribution >= 4 is 17.9 Å². The minimum absolute atomic E-state index is 0.0970. The number of hydrogen-bond acceptors (Lipinski definition) is 6. The van der Waals surface area contributed by atoms with Gasteiger partial charge < -0.3 is 25.0 Å². The molecule has 1 saturated heterocycles. The van der Waals surface area contributed by atoms with Crippen LogP contribution in [-0.2, 0) is 14.3 Å². The van der Waals surface area contributed by atoms with Crippen LogP contribution in [0, 0.1) is 5.92 Å². The van der Waals surface area contributed by atoms with Crippen molar-refractivity contribution in [2.75, 3.05) is 47.4 Å². The molecule has 3 amide bonds. The number of urea groups is 1. The zero-order chi connectivity index (χ0) is 23.3. The van der Waals surface area contributed by atoms with E-state index in [1.807, 2.05) is 12.1 Å². The van der Waals surface area contributed by atoms with Crippen LogP contribution in [0.1, 0.15) is 31.4 Å². The average molecular weight is 445 g/mol. The Morgan fingerprint density at radius 1 is 1.22 bits per heavy atom. The zero-order valence-electron chi connectivity index (χ0n) is 19.1. The van der Waals surface area contributed by atoms with Crippen molar-refractivity contribution in [2.24, 2.45) is 5.92 Å². The molecule has 2 N–H and O–H groups in total. The Morgan fingerprint density at radius 2 is 1.94 bits per heavy atom. The number of nitrogens with zero attached hydrogens (tertiary/aromatic N) is 2. The van der Waals surface area contributed by atoms with E-state index in [2.05, 4.69) is 15.5 Å². The first-order valence-corrected chi connectivity index (χ1v) is 10.9. The molecule has 0 aliphatic carbocycles. The average Bonchev–Trinajstić information content (AvgIpc) is 2.78. The summed E-state index contributed by atoms with van der Waals surface area (Å²) in [7, 11) is 5.10. The van der Waals surface area contributed by atoms with Crippen LogP contribution in [0.15, 0.2) is 35.5 Å². The molecule has 1 fully saturated rings. The molecule has 174 valence electrons. The molecule has 0 radical (unpaired) electrons. The summed E-state index contributed by atoms with van der Waals surface area (Å²) in [5.41, 5.74) is 1.63.